The maximum Gasteiger partial charge on any atom is 0.135 e. The Hall–Kier alpha value is -2.18. The van der Waals surface area contributed by atoms with Crippen molar-refractivity contribution in [2.45, 2.75) is 38.5 Å². The van der Waals surface area contributed by atoms with E-state index in [1.165, 1.54) is 12.0 Å². The van der Waals surface area contributed by atoms with Crippen LogP contribution in [0.1, 0.15) is 42.5 Å². The third-order valence-corrected chi connectivity index (χ3v) is 4.38. The monoisotopic (exact) mass is 327 g/mol. The van der Waals surface area contributed by atoms with E-state index in [0.717, 1.165) is 55.1 Å². The number of hydrogen-bond acceptors (Lipinski definition) is 6. The average molecular weight is 327 g/mol. The van der Waals surface area contributed by atoms with Gasteiger partial charge in [-0.15, -0.1) is 0 Å². The first kappa shape index (κ1) is 15.4. The minimum atomic E-state index is 0.125. The first-order valence-corrected chi connectivity index (χ1v) is 8.38. The van der Waals surface area contributed by atoms with Crippen LogP contribution in [0.2, 0.25) is 0 Å². The Labute approximate surface area is 140 Å². The molecule has 6 heteroatoms. The fourth-order valence-electron chi connectivity index (χ4n) is 3.18. The zero-order chi connectivity index (χ0) is 16.4. The molecule has 0 N–H and O–H groups in total. The number of fused-ring (bicyclic) bond motifs is 1. The highest BCUT2D eigenvalue weighted by atomic mass is 16.6. The Kier molecular flexibility index (Phi) is 4.32. The second kappa shape index (κ2) is 6.75. The molecule has 1 aromatic carbocycles. The van der Waals surface area contributed by atoms with Crippen LogP contribution in [-0.4, -0.2) is 28.9 Å². The van der Waals surface area contributed by atoms with Crippen LogP contribution in [-0.2, 0) is 17.8 Å². The van der Waals surface area contributed by atoms with Crippen LogP contribution >= 0.6 is 0 Å². The van der Waals surface area contributed by atoms with Crippen LogP contribution in [0, 0.1) is 0 Å². The SMILES string of the molecule is CN(Cc1ccc2nonc2c1)Cc1ccc(C2CCCCO2)o1. The Morgan fingerprint density at radius 1 is 1.08 bits per heavy atom. The molecule has 0 radical (unpaired) electrons. The predicted molar refractivity (Wildman–Crippen MR) is 88.2 cm³/mol. The molecule has 1 saturated heterocycles. The number of hydrogen-bond donors (Lipinski definition) is 0. The molecule has 1 atom stereocenters. The first-order valence-electron chi connectivity index (χ1n) is 8.38. The smallest absolute Gasteiger partial charge is 0.135 e. The highest BCUT2D eigenvalue weighted by Crippen LogP contribution is 2.29. The van der Waals surface area contributed by atoms with Gasteiger partial charge in [0.25, 0.3) is 0 Å². The molecule has 0 bridgehead atoms. The molecule has 126 valence electrons. The topological polar surface area (TPSA) is 64.5 Å². The van der Waals surface area contributed by atoms with Gasteiger partial charge in [0.15, 0.2) is 0 Å². The fraction of sp³-hybridized carbons (Fsp3) is 0.444. The number of aromatic nitrogens is 2. The summed E-state index contributed by atoms with van der Waals surface area (Å²) >= 11 is 0. The minimum Gasteiger partial charge on any atom is -0.462 e. The van der Waals surface area contributed by atoms with E-state index in [2.05, 4.69) is 28.3 Å². The minimum absolute atomic E-state index is 0.125. The molecule has 1 fully saturated rings. The molecule has 1 aliphatic rings. The lowest BCUT2D eigenvalue weighted by Gasteiger charge is -2.20. The van der Waals surface area contributed by atoms with E-state index in [4.69, 9.17) is 13.8 Å². The number of ether oxygens (including phenoxy) is 1. The summed E-state index contributed by atoms with van der Waals surface area (Å²) in [6.45, 7) is 2.39. The summed E-state index contributed by atoms with van der Waals surface area (Å²) in [5.74, 6) is 1.92. The zero-order valence-corrected chi connectivity index (χ0v) is 13.8. The fourth-order valence-corrected chi connectivity index (χ4v) is 3.18. The van der Waals surface area contributed by atoms with Gasteiger partial charge in [0.05, 0.1) is 6.54 Å². The molecule has 3 aromatic rings. The molecule has 0 amide bonds. The summed E-state index contributed by atoms with van der Waals surface area (Å²) in [6, 6.07) is 10.1. The first-order chi connectivity index (χ1) is 11.8. The van der Waals surface area contributed by atoms with Gasteiger partial charge in [-0.2, -0.15) is 0 Å². The van der Waals surface area contributed by atoms with Gasteiger partial charge in [-0.25, -0.2) is 4.63 Å². The normalized spacial score (nSPS) is 18.5. The Balaban J connectivity index is 1.38. The van der Waals surface area contributed by atoms with Crippen LogP contribution in [0.4, 0.5) is 0 Å². The van der Waals surface area contributed by atoms with Crippen molar-refractivity contribution in [2.24, 2.45) is 0 Å². The van der Waals surface area contributed by atoms with Crippen LogP contribution in [0.25, 0.3) is 11.0 Å². The highest BCUT2D eigenvalue weighted by Gasteiger charge is 2.19. The van der Waals surface area contributed by atoms with Gasteiger partial charge in [0, 0.05) is 13.2 Å². The van der Waals surface area contributed by atoms with Gasteiger partial charge in [-0.05, 0) is 66.5 Å². The summed E-state index contributed by atoms with van der Waals surface area (Å²) in [5, 5.41) is 7.72. The number of furan rings is 1. The van der Waals surface area contributed by atoms with Gasteiger partial charge in [0.2, 0.25) is 0 Å². The number of rotatable bonds is 5. The third-order valence-electron chi connectivity index (χ3n) is 4.38. The molecule has 0 spiro atoms. The van der Waals surface area contributed by atoms with Crippen molar-refractivity contribution in [2.75, 3.05) is 13.7 Å². The van der Waals surface area contributed by atoms with Gasteiger partial charge in [-0.1, -0.05) is 6.07 Å². The van der Waals surface area contributed by atoms with E-state index in [1.54, 1.807) is 0 Å². The maximum absolute atomic E-state index is 5.99. The van der Waals surface area contributed by atoms with Gasteiger partial charge in [0.1, 0.15) is 28.7 Å². The zero-order valence-electron chi connectivity index (χ0n) is 13.8. The van der Waals surface area contributed by atoms with Crippen molar-refractivity contribution in [3.05, 3.63) is 47.4 Å². The molecule has 1 aliphatic heterocycles. The molecule has 3 heterocycles. The quantitative estimate of drug-likeness (QED) is 0.712. The van der Waals surface area contributed by atoms with E-state index in [1.807, 2.05) is 24.3 Å². The molecule has 4 rings (SSSR count). The largest absolute Gasteiger partial charge is 0.462 e. The van der Waals surface area contributed by atoms with E-state index in [-0.39, 0.29) is 6.10 Å². The third kappa shape index (κ3) is 3.34. The van der Waals surface area contributed by atoms with Crippen LogP contribution in [0.15, 0.2) is 39.4 Å². The van der Waals surface area contributed by atoms with Crippen molar-refractivity contribution in [3.63, 3.8) is 0 Å². The van der Waals surface area contributed by atoms with Crippen molar-refractivity contribution >= 4 is 11.0 Å². The molecule has 0 aliphatic carbocycles. The van der Waals surface area contributed by atoms with Crippen LogP contribution in [0.3, 0.4) is 0 Å². The Morgan fingerprint density at radius 2 is 2.00 bits per heavy atom. The lowest BCUT2D eigenvalue weighted by Crippen LogP contribution is -2.16. The van der Waals surface area contributed by atoms with E-state index < -0.39 is 0 Å². The van der Waals surface area contributed by atoms with Crippen LogP contribution in [0.5, 0.6) is 0 Å². The lowest BCUT2D eigenvalue weighted by molar-refractivity contribution is 0.000907. The Bertz CT molecular complexity index is 805. The van der Waals surface area contributed by atoms with E-state index in [0.29, 0.717) is 0 Å². The number of benzene rings is 1. The second-order valence-corrected chi connectivity index (χ2v) is 6.42. The highest BCUT2D eigenvalue weighted by molar-refractivity contribution is 5.73. The number of nitrogens with zero attached hydrogens (tertiary/aromatic N) is 3. The maximum atomic E-state index is 5.99. The van der Waals surface area contributed by atoms with Crippen LogP contribution < -0.4 is 0 Å². The molecule has 24 heavy (non-hydrogen) atoms. The molecule has 0 saturated carbocycles. The van der Waals surface area contributed by atoms with Crippen molar-refractivity contribution in [1.82, 2.24) is 15.2 Å². The predicted octanol–water partition coefficient (Wildman–Crippen LogP) is 3.69. The lowest BCUT2D eigenvalue weighted by atomic mass is 10.1. The second-order valence-electron chi connectivity index (χ2n) is 6.42. The summed E-state index contributed by atoms with van der Waals surface area (Å²) < 4.78 is 16.5. The summed E-state index contributed by atoms with van der Waals surface area (Å²) in [7, 11) is 2.07. The summed E-state index contributed by atoms with van der Waals surface area (Å²) in [5.41, 5.74) is 2.74. The molecule has 6 nitrogen and oxygen atoms in total. The molecule has 1 unspecified atom stereocenters. The van der Waals surface area contributed by atoms with Crippen molar-refractivity contribution < 1.29 is 13.8 Å². The van der Waals surface area contributed by atoms with E-state index in [9.17, 15) is 0 Å². The van der Waals surface area contributed by atoms with Gasteiger partial charge in [-0.3, -0.25) is 4.90 Å². The standard InChI is InChI=1S/C18H21N3O3/c1-21(11-13-5-7-15-16(10-13)20-24-19-15)12-14-6-8-18(23-14)17-4-2-3-9-22-17/h5-8,10,17H,2-4,9,11-12H2,1H3. The van der Waals surface area contributed by atoms with Gasteiger partial charge >= 0.3 is 0 Å². The van der Waals surface area contributed by atoms with Gasteiger partial charge < -0.3 is 9.15 Å². The van der Waals surface area contributed by atoms with Crippen molar-refractivity contribution in [1.29, 1.82) is 0 Å². The van der Waals surface area contributed by atoms with E-state index >= 15 is 0 Å². The Morgan fingerprint density at radius 3 is 2.88 bits per heavy atom. The van der Waals surface area contributed by atoms with Crippen molar-refractivity contribution in [3.8, 4) is 0 Å². The molecular weight excluding hydrogens is 306 g/mol. The summed E-state index contributed by atoms with van der Waals surface area (Å²) in [6.07, 6.45) is 3.53. The molecular formula is C18H21N3O3. The molecule has 2 aromatic heterocycles. The summed E-state index contributed by atoms with van der Waals surface area (Å²) in [4.78, 5) is 2.21. The average Bonchev–Trinajstić information content (AvgIpc) is 3.24.